The van der Waals surface area contributed by atoms with Gasteiger partial charge in [0.25, 0.3) is 0 Å². The molecule has 0 saturated heterocycles. The molecule has 1 aromatic carbocycles. The van der Waals surface area contributed by atoms with Crippen LogP contribution < -0.4 is 5.73 Å². The standard InChI is InChI=1S/C12H18Cl2N2O/c1-16(6-7-17-2)11(8-15)9-4-3-5-10(13)12(9)14/h3-5,11H,6-8,15H2,1-2H3. The first-order valence-corrected chi connectivity index (χ1v) is 6.20. The lowest BCUT2D eigenvalue weighted by atomic mass is 10.1. The largest absolute Gasteiger partial charge is 0.383 e. The van der Waals surface area contributed by atoms with Gasteiger partial charge in [-0.1, -0.05) is 35.3 Å². The summed E-state index contributed by atoms with van der Waals surface area (Å²) in [4.78, 5) is 2.11. The third-order valence-corrected chi connectivity index (χ3v) is 3.58. The number of rotatable bonds is 6. The molecule has 0 bridgehead atoms. The van der Waals surface area contributed by atoms with Crippen LogP contribution in [-0.4, -0.2) is 38.8 Å². The maximum absolute atomic E-state index is 6.20. The molecule has 0 radical (unpaired) electrons. The first-order valence-electron chi connectivity index (χ1n) is 5.45. The van der Waals surface area contributed by atoms with Crippen molar-refractivity contribution in [2.24, 2.45) is 5.73 Å². The number of ether oxygens (including phenoxy) is 1. The van der Waals surface area contributed by atoms with Gasteiger partial charge in [0.05, 0.1) is 16.7 Å². The van der Waals surface area contributed by atoms with Gasteiger partial charge in [0.2, 0.25) is 0 Å². The Morgan fingerprint density at radius 2 is 2.12 bits per heavy atom. The molecular formula is C12H18Cl2N2O. The Hall–Kier alpha value is -0.320. The van der Waals surface area contributed by atoms with Crippen molar-refractivity contribution in [3.63, 3.8) is 0 Å². The monoisotopic (exact) mass is 276 g/mol. The van der Waals surface area contributed by atoms with Crippen molar-refractivity contribution in [1.29, 1.82) is 0 Å². The molecule has 0 aliphatic carbocycles. The maximum Gasteiger partial charge on any atom is 0.0640 e. The molecule has 96 valence electrons. The molecule has 0 aliphatic rings. The fourth-order valence-electron chi connectivity index (χ4n) is 1.71. The number of halogens is 2. The van der Waals surface area contributed by atoms with Crippen molar-refractivity contribution in [2.45, 2.75) is 6.04 Å². The Balaban J connectivity index is 2.89. The van der Waals surface area contributed by atoms with Crippen molar-refractivity contribution >= 4 is 23.2 Å². The maximum atomic E-state index is 6.20. The van der Waals surface area contributed by atoms with Crippen LogP contribution in [0.1, 0.15) is 11.6 Å². The van der Waals surface area contributed by atoms with E-state index < -0.39 is 0 Å². The highest BCUT2D eigenvalue weighted by Crippen LogP contribution is 2.31. The number of likely N-dealkylation sites (N-methyl/N-ethyl adjacent to an activating group) is 1. The van der Waals surface area contributed by atoms with Gasteiger partial charge in [0, 0.05) is 26.2 Å². The molecule has 1 atom stereocenters. The number of benzene rings is 1. The zero-order chi connectivity index (χ0) is 12.8. The van der Waals surface area contributed by atoms with Crippen molar-refractivity contribution < 1.29 is 4.74 Å². The molecule has 0 saturated carbocycles. The third kappa shape index (κ3) is 3.83. The van der Waals surface area contributed by atoms with Crippen LogP contribution in [-0.2, 0) is 4.74 Å². The van der Waals surface area contributed by atoms with E-state index in [1.165, 1.54) is 0 Å². The molecule has 3 nitrogen and oxygen atoms in total. The molecule has 0 amide bonds. The number of hydrogen-bond acceptors (Lipinski definition) is 3. The predicted molar refractivity (Wildman–Crippen MR) is 72.8 cm³/mol. The zero-order valence-electron chi connectivity index (χ0n) is 10.1. The second-order valence-electron chi connectivity index (χ2n) is 3.87. The fraction of sp³-hybridized carbons (Fsp3) is 0.500. The van der Waals surface area contributed by atoms with Crippen LogP contribution in [0.4, 0.5) is 0 Å². The second kappa shape index (κ2) is 7.19. The highest BCUT2D eigenvalue weighted by Gasteiger charge is 2.18. The molecule has 17 heavy (non-hydrogen) atoms. The summed E-state index contributed by atoms with van der Waals surface area (Å²) in [5, 5.41) is 1.14. The summed E-state index contributed by atoms with van der Waals surface area (Å²) in [6.45, 7) is 1.94. The lowest BCUT2D eigenvalue weighted by Crippen LogP contribution is -2.33. The topological polar surface area (TPSA) is 38.5 Å². The average molecular weight is 277 g/mol. The Morgan fingerprint density at radius 3 is 2.71 bits per heavy atom. The molecular weight excluding hydrogens is 259 g/mol. The van der Waals surface area contributed by atoms with Gasteiger partial charge in [-0.15, -0.1) is 0 Å². The van der Waals surface area contributed by atoms with Crippen molar-refractivity contribution in [3.05, 3.63) is 33.8 Å². The van der Waals surface area contributed by atoms with Crippen LogP contribution in [0.25, 0.3) is 0 Å². The number of hydrogen-bond donors (Lipinski definition) is 1. The Bertz CT molecular complexity index is 360. The van der Waals surface area contributed by atoms with Crippen molar-refractivity contribution in [2.75, 3.05) is 33.9 Å². The van der Waals surface area contributed by atoms with Crippen LogP contribution in [0.2, 0.25) is 10.0 Å². The van der Waals surface area contributed by atoms with E-state index in [0.717, 1.165) is 12.1 Å². The van der Waals surface area contributed by atoms with Gasteiger partial charge in [0.15, 0.2) is 0 Å². The first kappa shape index (κ1) is 14.7. The van der Waals surface area contributed by atoms with E-state index in [1.807, 2.05) is 19.2 Å². The van der Waals surface area contributed by atoms with Crippen LogP contribution in [0.3, 0.4) is 0 Å². The molecule has 0 spiro atoms. The summed E-state index contributed by atoms with van der Waals surface area (Å²) >= 11 is 12.2. The van der Waals surface area contributed by atoms with Gasteiger partial charge >= 0.3 is 0 Å². The summed E-state index contributed by atoms with van der Waals surface area (Å²) < 4.78 is 5.06. The first-order chi connectivity index (χ1) is 8.11. The molecule has 5 heteroatoms. The summed E-state index contributed by atoms with van der Waals surface area (Å²) in [5.74, 6) is 0. The summed E-state index contributed by atoms with van der Waals surface area (Å²) in [5.41, 5.74) is 6.77. The van der Waals surface area contributed by atoms with E-state index >= 15 is 0 Å². The average Bonchev–Trinajstić information content (AvgIpc) is 2.32. The molecule has 0 fully saturated rings. The highest BCUT2D eigenvalue weighted by molar-refractivity contribution is 6.42. The molecule has 1 rings (SSSR count). The van der Waals surface area contributed by atoms with Crippen LogP contribution >= 0.6 is 23.2 Å². The highest BCUT2D eigenvalue weighted by atomic mass is 35.5. The molecule has 0 heterocycles. The van der Waals surface area contributed by atoms with E-state index in [1.54, 1.807) is 13.2 Å². The Kier molecular flexibility index (Phi) is 6.23. The van der Waals surface area contributed by atoms with Gasteiger partial charge in [-0.2, -0.15) is 0 Å². The van der Waals surface area contributed by atoms with Crippen LogP contribution in [0.5, 0.6) is 0 Å². The van der Waals surface area contributed by atoms with E-state index in [0.29, 0.717) is 23.2 Å². The predicted octanol–water partition coefficient (Wildman–Crippen LogP) is 2.57. The van der Waals surface area contributed by atoms with Gasteiger partial charge in [0.1, 0.15) is 0 Å². The van der Waals surface area contributed by atoms with Gasteiger partial charge < -0.3 is 10.5 Å². The number of methoxy groups -OCH3 is 1. The summed E-state index contributed by atoms with van der Waals surface area (Å²) in [6, 6.07) is 5.66. The van der Waals surface area contributed by atoms with Crippen molar-refractivity contribution in [3.8, 4) is 0 Å². The van der Waals surface area contributed by atoms with Gasteiger partial charge in [-0.3, -0.25) is 4.90 Å². The van der Waals surface area contributed by atoms with E-state index in [4.69, 9.17) is 33.7 Å². The Morgan fingerprint density at radius 1 is 1.41 bits per heavy atom. The minimum absolute atomic E-state index is 0.0522. The van der Waals surface area contributed by atoms with Crippen LogP contribution in [0.15, 0.2) is 18.2 Å². The normalized spacial score (nSPS) is 13.1. The molecule has 1 unspecified atom stereocenters. The minimum atomic E-state index is 0.0522. The summed E-state index contributed by atoms with van der Waals surface area (Å²) in [6.07, 6.45) is 0. The van der Waals surface area contributed by atoms with E-state index in [-0.39, 0.29) is 6.04 Å². The Labute approximate surface area is 112 Å². The van der Waals surface area contributed by atoms with Crippen LogP contribution in [0, 0.1) is 0 Å². The lowest BCUT2D eigenvalue weighted by molar-refractivity contribution is 0.140. The smallest absolute Gasteiger partial charge is 0.0640 e. The third-order valence-electron chi connectivity index (χ3n) is 2.74. The second-order valence-corrected chi connectivity index (χ2v) is 4.65. The van der Waals surface area contributed by atoms with E-state index in [9.17, 15) is 0 Å². The van der Waals surface area contributed by atoms with Gasteiger partial charge in [-0.25, -0.2) is 0 Å². The lowest BCUT2D eigenvalue weighted by Gasteiger charge is -2.28. The molecule has 0 aromatic heterocycles. The SMILES string of the molecule is COCCN(C)C(CN)c1cccc(Cl)c1Cl. The summed E-state index contributed by atoms with van der Waals surface area (Å²) in [7, 11) is 3.67. The zero-order valence-corrected chi connectivity index (χ0v) is 11.6. The molecule has 2 N–H and O–H groups in total. The molecule has 0 aliphatic heterocycles. The minimum Gasteiger partial charge on any atom is -0.383 e. The van der Waals surface area contributed by atoms with E-state index in [2.05, 4.69) is 4.90 Å². The fourth-order valence-corrected chi connectivity index (χ4v) is 2.15. The van der Waals surface area contributed by atoms with Gasteiger partial charge in [-0.05, 0) is 18.7 Å². The molecule has 1 aromatic rings. The number of nitrogens with two attached hydrogens (primary N) is 1. The van der Waals surface area contributed by atoms with Crippen molar-refractivity contribution in [1.82, 2.24) is 4.90 Å². The quantitative estimate of drug-likeness (QED) is 0.868. The number of nitrogens with zero attached hydrogens (tertiary/aromatic N) is 1.